The third-order valence-corrected chi connectivity index (χ3v) is 1.54. The fourth-order valence-electron chi connectivity index (χ4n) is 0.840. The molecule has 0 aromatic carbocycles. The largest absolute Gasteiger partial charge is 0.468 e. The monoisotopic (exact) mass is 269 g/mol. The minimum absolute atomic E-state index is 0.138. The Kier molecular flexibility index (Phi) is 4.11. The Morgan fingerprint density at radius 1 is 1.53 bits per heavy atom. The van der Waals surface area contributed by atoms with Gasteiger partial charge in [0.1, 0.15) is 5.15 Å². The summed E-state index contributed by atoms with van der Waals surface area (Å²) in [4.78, 5) is 17.8. The van der Waals surface area contributed by atoms with Crippen molar-refractivity contribution in [3.05, 3.63) is 11.2 Å². The van der Waals surface area contributed by atoms with E-state index in [4.69, 9.17) is 11.6 Å². The van der Waals surface area contributed by atoms with Crippen molar-refractivity contribution in [1.29, 1.82) is 0 Å². The van der Waals surface area contributed by atoms with Crippen LogP contribution in [0.3, 0.4) is 0 Å². The van der Waals surface area contributed by atoms with Gasteiger partial charge in [0.15, 0.2) is 6.61 Å². The summed E-state index contributed by atoms with van der Waals surface area (Å²) in [5.74, 6) is -1.07. The van der Waals surface area contributed by atoms with E-state index >= 15 is 0 Å². The molecule has 1 aromatic rings. The zero-order chi connectivity index (χ0) is 13.1. The molecule has 0 fully saturated rings. The molecule has 0 saturated carbocycles. The van der Waals surface area contributed by atoms with E-state index in [1.165, 1.54) is 6.92 Å². The molecule has 0 radical (unpaired) electrons. The van der Waals surface area contributed by atoms with Gasteiger partial charge in [-0.3, -0.25) is 10.1 Å². The van der Waals surface area contributed by atoms with Crippen molar-refractivity contribution < 1.29 is 22.7 Å². The van der Waals surface area contributed by atoms with Crippen LogP contribution in [0.2, 0.25) is 5.15 Å². The maximum absolute atomic E-state index is 11.9. The SMILES string of the molecule is CC(=O)Nc1nc(Cl)cc(OCC(F)(F)F)n1. The number of nitrogens with one attached hydrogen (secondary N) is 1. The third kappa shape index (κ3) is 5.34. The standard InChI is InChI=1S/C8H7ClF3N3O2/c1-4(16)13-7-14-5(9)2-6(15-7)17-3-8(10,11)12/h2H,3H2,1H3,(H,13,14,15,16). The highest BCUT2D eigenvalue weighted by Crippen LogP contribution is 2.20. The van der Waals surface area contributed by atoms with Crippen LogP contribution in [-0.2, 0) is 4.79 Å². The topological polar surface area (TPSA) is 64.1 Å². The second kappa shape index (κ2) is 5.17. The maximum atomic E-state index is 11.9. The van der Waals surface area contributed by atoms with Crippen molar-refractivity contribution in [2.75, 3.05) is 11.9 Å². The van der Waals surface area contributed by atoms with E-state index in [9.17, 15) is 18.0 Å². The predicted molar refractivity (Wildman–Crippen MR) is 52.9 cm³/mol. The molecule has 1 heterocycles. The van der Waals surface area contributed by atoms with Crippen LogP contribution in [0.15, 0.2) is 6.07 Å². The van der Waals surface area contributed by atoms with E-state index in [0.29, 0.717) is 0 Å². The molecule has 0 unspecified atom stereocenters. The number of amides is 1. The molecule has 94 valence electrons. The molecule has 0 bridgehead atoms. The van der Waals surface area contributed by atoms with Crippen LogP contribution in [0.25, 0.3) is 0 Å². The molecule has 1 amide bonds. The summed E-state index contributed by atoms with van der Waals surface area (Å²) in [5.41, 5.74) is 0. The Hall–Kier alpha value is -1.57. The summed E-state index contributed by atoms with van der Waals surface area (Å²) in [6, 6.07) is 1.01. The van der Waals surface area contributed by atoms with Crippen molar-refractivity contribution >= 4 is 23.5 Å². The molecule has 0 spiro atoms. The average molecular weight is 270 g/mol. The predicted octanol–water partition coefficient (Wildman–Crippen LogP) is 2.03. The van der Waals surface area contributed by atoms with Crippen molar-refractivity contribution in [2.24, 2.45) is 0 Å². The van der Waals surface area contributed by atoms with Gasteiger partial charge in [-0.25, -0.2) is 4.98 Å². The van der Waals surface area contributed by atoms with E-state index in [1.54, 1.807) is 0 Å². The van der Waals surface area contributed by atoms with Crippen molar-refractivity contribution in [3.63, 3.8) is 0 Å². The van der Waals surface area contributed by atoms with Gasteiger partial charge in [0.25, 0.3) is 0 Å². The Balaban J connectivity index is 2.79. The van der Waals surface area contributed by atoms with E-state index in [0.717, 1.165) is 6.07 Å². The number of ether oxygens (including phenoxy) is 1. The van der Waals surface area contributed by atoms with Gasteiger partial charge in [0.2, 0.25) is 17.7 Å². The van der Waals surface area contributed by atoms with Crippen LogP contribution in [0.4, 0.5) is 19.1 Å². The number of hydrogen-bond acceptors (Lipinski definition) is 4. The summed E-state index contributed by atoms with van der Waals surface area (Å²) in [6.45, 7) is -0.305. The summed E-state index contributed by atoms with van der Waals surface area (Å²) in [6.07, 6.45) is -4.48. The lowest BCUT2D eigenvalue weighted by atomic mass is 10.6. The van der Waals surface area contributed by atoms with Gasteiger partial charge >= 0.3 is 6.18 Å². The highest BCUT2D eigenvalue weighted by atomic mass is 35.5. The molecule has 0 aliphatic rings. The Bertz CT molecular complexity index is 425. The molecule has 1 rings (SSSR count). The first-order valence-corrected chi connectivity index (χ1v) is 4.66. The van der Waals surface area contributed by atoms with Crippen LogP contribution in [-0.4, -0.2) is 28.7 Å². The molecule has 0 aliphatic heterocycles. The molecule has 9 heteroatoms. The fraction of sp³-hybridized carbons (Fsp3) is 0.375. The van der Waals surface area contributed by atoms with Crippen molar-refractivity contribution in [3.8, 4) is 5.88 Å². The number of alkyl halides is 3. The Morgan fingerprint density at radius 2 is 2.18 bits per heavy atom. The van der Waals surface area contributed by atoms with Gasteiger partial charge in [0, 0.05) is 13.0 Å². The molecular formula is C8H7ClF3N3O2. The number of hydrogen-bond donors (Lipinski definition) is 1. The lowest BCUT2D eigenvalue weighted by Crippen LogP contribution is -2.20. The lowest BCUT2D eigenvalue weighted by Gasteiger charge is -2.09. The van der Waals surface area contributed by atoms with Gasteiger partial charge in [-0.2, -0.15) is 18.2 Å². The first-order valence-electron chi connectivity index (χ1n) is 4.28. The second-order valence-electron chi connectivity index (χ2n) is 2.94. The van der Waals surface area contributed by atoms with Gasteiger partial charge < -0.3 is 4.74 Å². The van der Waals surface area contributed by atoms with Crippen LogP contribution in [0.1, 0.15) is 6.92 Å². The van der Waals surface area contributed by atoms with Crippen LogP contribution in [0.5, 0.6) is 5.88 Å². The number of nitrogens with zero attached hydrogens (tertiary/aromatic N) is 2. The maximum Gasteiger partial charge on any atom is 0.422 e. The Morgan fingerprint density at radius 3 is 2.71 bits per heavy atom. The summed E-state index contributed by atoms with van der Waals surface area (Å²) >= 11 is 5.52. The van der Waals surface area contributed by atoms with E-state index in [-0.39, 0.29) is 17.0 Å². The number of carbonyl (C=O) groups is 1. The number of halogens is 4. The van der Waals surface area contributed by atoms with Crippen LogP contribution >= 0.6 is 11.6 Å². The van der Waals surface area contributed by atoms with Gasteiger partial charge in [0.05, 0.1) is 0 Å². The molecule has 0 saturated heterocycles. The van der Waals surface area contributed by atoms with Crippen LogP contribution < -0.4 is 10.1 Å². The highest BCUT2D eigenvalue weighted by molar-refractivity contribution is 6.29. The van der Waals surface area contributed by atoms with Gasteiger partial charge in [-0.15, -0.1) is 0 Å². The Labute approximate surface area is 99.0 Å². The average Bonchev–Trinajstić information content (AvgIpc) is 2.11. The summed E-state index contributed by atoms with van der Waals surface area (Å²) < 4.78 is 40.0. The number of rotatable bonds is 3. The number of carbonyl (C=O) groups excluding carboxylic acids is 1. The smallest absolute Gasteiger partial charge is 0.422 e. The molecule has 1 N–H and O–H groups in total. The van der Waals surface area contributed by atoms with E-state index in [2.05, 4.69) is 20.0 Å². The number of aromatic nitrogens is 2. The number of anilines is 1. The molecule has 1 aromatic heterocycles. The van der Waals surface area contributed by atoms with E-state index < -0.39 is 18.7 Å². The highest BCUT2D eigenvalue weighted by Gasteiger charge is 2.28. The lowest BCUT2D eigenvalue weighted by molar-refractivity contribution is -0.154. The minimum Gasteiger partial charge on any atom is -0.468 e. The van der Waals surface area contributed by atoms with Crippen molar-refractivity contribution in [1.82, 2.24) is 9.97 Å². The molecular weight excluding hydrogens is 263 g/mol. The summed E-state index contributed by atoms with van der Waals surface area (Å²) in [5, 5.41) is 2.04. The quantitative estimate of drug-likeness (QED) is 0.853. The normalized spacial score (nSPS) is 11.1. The zero-order valence-electron chi connectivity index (χ0n) is 8.51. The van der Waals surface area contributed by atoms with Gasteiger partial charge in [-0.05, 0) is 0 Å². The summed E-state index contributed by atoms with van der Waals surface area (Å²) in [7, 11) is 0. The van der Waals surface area contributed by atoms with Crippen LogP contribution in [0, 0.1) is 0 Å². The first-order chi connectivity index (χ1) is 7.76. The first kappa shape index (κ1) is 13.5. The minimum atomic E-state index is -4.48. The molecule has 0 atom stereocenters. The third-order valence-electron chi connectivity index (χ3n) is 1.34. The fourth-order valence-corrected chi connectivity index (χ4v) is 1.01. The van der Waals surface area contributed by atoms with E-state index in [1.807, 2.05) is 0 Å². The molecule has 5 nitrogen and oxygen atoms in total. The second-order valence-corrected chi connectivity index (χ2v) is 3.32. The van der Waals surface area contributed by atoms with Crippen molar-refractivity contribution in [2.45, 2.75) is 13.1 Å². The zero-order valence-corrected chi connectivity index (χ0v) is 9.26. The molecule has 0 aliphatic carbocycles. The molecule has 17 heavy (non-hydrogen) atoms. The van der Waals surface area contributed by atoms with Gasteiger partial charge in [-0.1, -0.05) is 11.6 Å².